The van der Waals surface area contributed by atoms with Crippen LogP contribution in [0, 0.1) is 0 Å². The Bertz CT molecular complexity index is 916. The van der Waals surface area contributed by atoms with Crippen LogP contribution < -0.4 is 5.32 Å². The van der Waals surface area contributed by atoms with Gasteiger partial charge in [-0.2, -0.15) is 0 Å². The third kappa shape index (κ3) is 4.95. The lowest BCUT2D eigenvalue weighted by atomic mass is 9.99. The quantitative estimate of drug-likeness (QED) is 0.809. The van der Waals surface area contributed by atoms with E-state index in [1.165, 1.54) is 0 Å². The smallest absolute Gasteiger partial charge is 0.253 e. The van der Waals surface area contributed by atoms with Crippen LogP contribution in [-0.4, -0.2) is 53.2 Å². The van der Waals surface area contributed by atoms with Gasteiger partial charge in [-0.15, -0.1) is 0 Å². The number of amides is 3. The normalized spacial score (nSPS) is 20.3. The lowest BCUT2D eigenvalue weighted by molar-refractivity contribution is -0.143. The molecule has 2 aliphatic rings. The van der Waals surface area contributed by atoms with E-state index in [4.69, 9.17) is 0 Å². The van der Waals surface area contributed by atoms with Crippen LogP contribution in [0.3, 0.4) is 0 Å². The molecule has 6 nitrogen and oxygen atoms in total. The Morgan fingerprint density at radius 3 is 2.32 bits per heavy atom. The number of carbonyl (C=O) groups is 3. The lowest BCUT2D eigenvalue weighted by Gasteiger charge is -2.37. The molecule has 2 aromatic carbocycles. The minimum absolute atomic E-state index is 0.00892. The van der Waals surface area contributed by atoms with Crippen LogP contribution >= 0.6 is 0 Å². The first-order chi connectivity index (χ1) is 15.1. The van der Waals surface area contributed by atoms with E-state index in [-0.39, 0.29) is 23.8 Å². The van der Waals surface area contributed by atoms with Gasteiger partial charge in [0.05, 0.1) is 0 Å². The van der Waals surface area contributed by atoms with Crippen molar-refractivity contribution >= 4 is 17.7 Å². The van der Waals surface area contributed by atoms with Gasteiger partial charge >= 0.3 is 0 Å². The molecule has 162 valence electrons. The highest BCUT2D eigenvalue weighted by Gasteiger charge is 2.34. The Hall–Kier alpha value is -3.15. The molecule has 2 unspecified atom stereocenters. The summed E-state index contributed by atoms with van der Waals surface area (Å²) in [6, 6.07) is 18.0. The average molecular weight is 420 g/mol. The van der Waals surface area contributed by atoms with Gasteiger partial charge in [-0.05, 0) is 43.4 Å². The number of nitrogens with one attached hydrogen (secondary N) is 1. The number of likely N-dealkylation sites (tertiary alicyclic amines) is 2. The molecule has 31 heavy (non-hydrogen) atoms. The van der Waals surface area contributed by atoms with Crippen LogP contribution in [0.5, 0.6) is 0 Å². The predicted molar refractivity (Wildman–Crippen MR) is 118 cm³/mol. The summed E-state index contributed by atoms with van der Waals surface area (Å²) in [5, 5.41) is 3.14. The average Bonchev–Trinajstić information content (AvgIpc) is 2.81. The molecule has 2 fully saturated rings. The van der Waals surface area contributed by atoms with Crippen LogP contribution in [0.2, 0.25) is 0 Å². The molecule has 3 amide bonds. The zero-order valence-electron chi connectivity index (χ0n) is 17.7. The molecule has 0 radical (unpaired) electrons. The molecule has 2 saturated heterocycles. The van der Waals surface area contributed by atoms with Crippen LogP contribution in [0.15, 0.2) is 60.7 Å². The van der Waals surface area contributed by atoms with Crippen molar-refractivity contribution in [1.29, 1.82) is 0 Å². The minimum atomic E-state index is -0.630. The molecule has 0 aliphatic carbocycles. The monoisotopic (exact) mass is 419 g/mol. The molecule has 0 bridgehead atoms. The Balaban J connectivity index is 1.47. The van der Waals surface area contributed by atoms with Crippen molar-refractivity contribution in [3.63, 3.8) is 0 Å². The summed E-state index contributed by atoms with van der Waals surface area (Å²) in [6.45, 7) is 1.76. The van der Waals surface area contributed by atoms with E-state index in [1.54, 1.807) is 4.90 Å². The summed E-state index contributed by atoms with van der Waals surface area (Å²) < 4.78 is 0. The molecule has 6 heteroatoms. The second-order valence-corrected chi connectivity index (χ2v) is 8.32. The molecule has 2 aromatic rings. The number of hydrogen-bond donors (Lipinski definition) is 1. The molecule has 4 rings (SSSR count). The Morgan fingerprint density at radius 1 is 0.903 bits per heavy atom. The van der Waals surface area contributed by atoms with Crippen molar-refractivity contribution in [2.75, 3.05) is 19.6 Å². The second kappa shape index (κ2) is 9.77. The first kappa shape index (κ1) is 21.1. The minimum Gasteiger partial charge on any atom is -0.349 e. The fraction of sp³-hybridized carbons (Fsp3) is 0.400. The van der Waals surface area contributed by atoms with Gasteiger partial charge in [0.1, 0.15) is 6.04 Å². The number of piperidine rings is 2. The van der Waals surface area contributed by atoms with Crippen molar-refractivity contribution < 1.29 is 14.4 Å². The highest BCUT2D eigenvalue weighted by Crippen LogP contribution is 2.26. The summed E-state index contributed by atoms with van der Waals surface area (Å²) >= 11 is 0. The lowest BCUT2D eigenvalue weighted by Crippen LogP contribution is -2.53. The van der Waals surface area contributed by atoms with Crippen molar-refractivity contribution in [3.05, 3.63) is 71.8 Å². The predicted octanol–water partition coefficient (Wildman–Crippen LogP) is 3.16. The summed E-state index contributed by atoms with van der Waals surface area (Å²) in [7, 11) is 0. The van der Waals surface area contributed by atoms with Gasteiger partial charge in [-0.3, -0.25) is 14.4 Å². The van der Waals surface area contributed by atoms with Gasteiger partial charge in [0.15, 0.2) is 0 Å². The van der Waals surface area contributed by atoms with Gasteiger partial charge in [-0.1, -0.05) is 48.5 Å². The van der Waals surface area contributed by atoms with Crippen LogP contribution in [0.25, 0.3) is 0 Å². The number of benzene rings is 2. The number of rotatable bonds is 5. The Morgan fingerprint density at radius 2 is 1.61 bits per heavy atom. The van der Waals surface area contributed by atoms with E-state index in [9.17, 15) is 14.4 Å². The molecular formula is C25H29N3O3. The first-order valence-electron chi connectivity index (χ1n) is 11.1. The van der Waals surface area contributed by atoms with Gasteiger partial charge in [0, 0.05) is 37.7 Å². The summed E-state index contributed by atoms with van der Waals surface area (Å²) in [5.74, 6) is -0.148. The topological polar surface area (TPSA) is 69.7 Å². The van der Waals surface area contributed by atoms with E-state index >= 15 is 0 Å². The molecule has 2 heterocycles. The largest absolute Gasteiger partial charge is 0.349 e. The molecule has 0 aromatic heterocycles. The van der Waals surface area contributed by atoms with Crippen LogP contribution in [0.4, 0.5) is 0 Å². The highest BCUT2D eigenvalue weighted by atomic mass is 16.2. The van der Waals surface area contributed by atoms with Gasteiger partial charge in [0.2, 0.25) is 11.8 Å². The number of hydrogen-bond acceptors (Lipinski definition) is 3. The molecular weight excluding hydrogens is 390 g/mol. The molecule has 0 saturated carbocycles. The number of carbonyl (C=O) groups excluding carboxylic acids is 3. The van der Waals surface area contributed by atoms with E-state index in [0.717, 1.165) is 31.2 Å². The zero-order chi connectivity index (χ0) is 21.6. The zero-order valence-corrected chi connectivity index (χ0v) is 17.7. The van der Waals surface area contributed by atoms with E-state index in [1.807, 2.05) is 65.6 Å². The maximum atomic E-state index is 13.4. The molecule has 2 atom stereocenters. The summed E-state index contributed by atoms with van der Waals surface area (Å²) in [4.78, 5) is 42.4. The van der Waals surface area contributed by atoms with E-state index in [2.05, 4.69) is 5.32 Å². The standard InChI is InChI=1S/C25H29N3O3/c29-22-15-7-8-17-28(22)23(19-10-3-1-4-11-19)24(30)26-21-14-9-16-27(18-21)25(31)20-12-5-2-6-13-20/h1-6,10-13,21,23H,7-9,14-18H2,(H,26,30). The SMILES string of the molecule is O=C(NC1CCCN(C(=O)c2ccccc2)C1)C(c1ccccc1)N1CCCCC1=O. The van der Waals surface area contributed by atoms with Crippen LogP contribution in [-0.2, 0) is 9.59 Å². The highest BCUT2D eigenvalue weighted by molar-refractivity contribution is 5.94. The fourth-order valence-corrected chi connectivity index (χ4v) is 4.53. The van der Waals surface area contributed by atoms with Crippen LogP contribution in [0.1, 0.15) is 54.1 Å². The summed E-state index contributed by atoms with van der Waals surface area (Å²) in [6.07, 6.45) is 3.92. The van der Waals surface area contributed by atoms with Gasteiger partial charge in [-0.25, -0.2) is 0 Å². The third-order valence-corrected chi connectivity index (χ3v) is 6.11. The maximum absolute atomic E-state index is 13.4. The first-order valence-corrected chi connectivity index (χ1v) is 11.1. The molecule has 1 N–H and O–H groups in total. The van der Waals surface area contributed by atoms with E-state index in [0.29, 0.717) is 31.6 Å². The molecule has 2 aliphatic heterocycles. The van der Waals surface area contributed by atoms with Gasteiger partial charge in [0.25, 0.3) is 5.91 Å². The Kier molecular flexibility index (Phi) is 6.65. The maximum Gasteiger partial charge on any atom is 0.253 e. The van der Waals surface area contributed by atoms with Crippen molar-refractivity contribution in [3.8, 4) is 0 Å². The second-order valence-electron chi connectivity index (χ2n) is 8.32. The summed E-state index contributed by atoms with van der Waals surface area (Å²) in [5.41, 5.74) is 1.49. The fourth-order valence-electron chi connectivity index (χ4n) is 4.53. The van der Waals surface area contributed by atoms with Crippen molar-refractivity contribution in [1.82, 2.24) is 15.1 Å². The van der Waals surface area contributed by atoms with Crippen molar-refractivity contribution in [2.45, 2.75) is 44.2 Å². The molecule has 0 spiro atoms. The van der Waals surface area contributed by atoms with Gasteiger partial charge < -0.3 is 15.1 Å². The number of nitrogens with zero attached hydrogens (tertiary/aromatic N) is 2. The van der Waals surface area contributed by atoms with E-state index < -0.39 is 6.04 Å². The Labute approximate surface area is 183 Å². The third-order valence-electron chi connectivity index (χ3n) is 6.11. The van der Waals surface area contributed by atoms with Crippen molar-refractivity contribution in [2.24, 2.45) is 0 Å².